The molecule has 1 atom stereocenters. The molecule has 1 saturated carbocycles. The highest BCUT2D eigenvalue weighted by molar-refractivity contribution is 7.84. The Kier molecular flexibility index (Phi) is 13.7. The quantitative estimate of drug-likeness (QED) is 0.235. The third-order valence-corrected chi connectivity index (χ3v) is 7.25. The number of rotatable bonds is 6. The normalized spacial score (nSPS) is 13.7. The Hall–Kier alpha value is -4.03. The lowest BCUT2D eigenvalue weighted by atomic mass is 9.96. The van der Waals surface area contributed by atoms with E-state index >= 15 is 0 Å². The number of aromatic hydroxyl groups is 1. The zero-order valence-electron chi connectivity index (χ0n) is 24.5. The van der Waals surface area contributed by atoms with Crippen molar-refractivity contribution in [2.45, 2.75) is 76.8 Å². The van der Waals surface area contributed by atoms with Gasteiger partial charge in [-0.05, 0) is 76.1 Å². The van der Waals surface area contributed by atoms with Crippen LogP contribution in [0.3, 0.4) is 0 Å². The molecule has 1 aromatic carbocycles. The number of nitrogens with zero attached hydrogens (tertiary/aromatic N) is 2. The standard InChI is InChI=1S/C19H15ClN4O4S.C11H21NO2.CH4/c1-29(28)12-5-6-13(15(25)9-12)18(26)23-14-3-2-8-21-17(14)19(27)24-16-7-4-11(20)10-22-16;1-11(2,3)14-10(13)12-9-7-5-4-6-8-9;/h2-10,25H,1H3,(H,23,26)(H,22,24,27);9H,4-8H2,1-3H3,(H,12,13);1H4. The number of alkyl carbamates (subject to hydrolysis) is 1. The van der Waals surface area contributed by atoms with Crippen molar-refractivity contribution in [3.8, 4) is 5.75 Å². The van der Waals surface area contributed by atoms with Crippen LogP contribution in [0.5, 0.6) is 5.75 Å². The van der Waals surface area contributed by atoms with Crippen LogP contribution in [-0.4, -0.2) is 55.1 Å². The summed E-state index contributed by atoms with van der Waals surface area (Å²) in [7, 11) is -1.30. The number of anilines is 2. The van der Waals surface area contributed by atoms with Crippen molar-refractivity contribution in [1.29, 1.82) is 0 Å². The van der Waals surface area contributed by atoms with Gasteiger partial charge < -0.3 is 25.8 Å². The number of nitrogens with one attached hydrogen (secondary N) is 3. The van der Waals surface area contributed by atoms with Crippen molar-refractivity contribution in [1.82, 2.24) is 15.3 Å². The van der Waals surface area contributed by atoms with E-state index in [-0.39, 0.29) is 42.0 Å². The molecule has 1 fully saturated rings. The minimum Gasteiger partial charge on any atom is -0.507 e. The van der Waals surface area contributed by atoms with Gasteiger partial charge >= 0.3 is 6.09 Å². The molecule has 1 aliphatic rings. The third-order valence-electron chi connectivity index (χ3n) is 6.11. The number of halogens is 1. The molecule has 238 valence electrons. The summed E-state index contributed by atoms with van der Waals surface area (Å²) >= 11 is 5.77. The number of aromatic nitrogens is 2. The molecular weight excluding hydrogens is 606 g/mol. The third kappa shape index (κ3) is 11.6. The van der Waals surface area contributed by atoms with E-state index in [1.165, 1.54) is 68.2 Å². The monoisotopic (exact) mass is 645 g/mol. The zero-order chi connectivity index (χ0) is 31.6. The number of carbonyl (C=O) groups excluding carboxylic acids is 3. The molecule has 0 aliphatic heterocycles. The maximum atomic E-state index is 12.6. The van der Waals surface area contributed by atoms with E-state index in [0.717, 1.165) is 12.8 Å². The minimum atomic E-state index is -1.30. The molecule has 2 heterocycles. The van der Waals surface area contributed by atoms with Gasteiger partial charge in [0.15, 0.2) is 5.69 Å². The predicted molar refractivity (Wildman–Crippen MR) is 173 cm³/mol. The summed E-state index contributed by atoms with van der Waals surface area (Å²) < 4.78 is 16.7. The number of amides is 3. The molecule has 3 amide bonds. The van der Waals surface area contributed by atoms with Gasteiger partial charge in [-0.1, -0.05) is 38.3 Å². The summed E-state index contributed by atoms with van der Waals surface area (Å²) in [5, 5.41) is 18.5. The highest BCUT2D eigenvalue weighted by atomic mass is 35.5. The molecule has 1 aliphatic carbocycles. The van der Waals surface area contributed by atoms with Crippen LogP contribution in [0.2, 0.25) is 5.02 Å². The molecule has 11 nitrogen and oxygen atoms in total. The van der Waals surface area contributed by atoms with Crippen molar-refractivity contribution in [3.05, 3.63) is 71.1 Å². The largest absolute Gasteiger partial charge is 0.507 e. The van der Waals surface area contributed by atoms with Gasteiger partial charge in [-0.15, -0.1) is 0 Å². The Morgan fingerprint density at radius 3 is 2.30 bits per heavy atom. The average Bonchev–Trinajstić information content (AvgIpc) is 2.94. The minimum absolute atomic E-state index is 0. The van der Waals surface area contributed by atoms with Gasteiger partial charge in [0.05, 0.1) is 16.3 Å². The first-order chi connectivity index (χ1) is 20.3. The van der Waals surface area contributed by atoms with Crippen LogP contribution in [0.1, 0.15) is 81.1 Å². The van der Waals surface area contributed by atoms with Gasteiger partial charge in [0, 0.05) is 40.4 Å². The number of benzene rings is 1. The van der Waals surface area contributed by atoms with Crippen LogP contribution in [0.25, 0.3) is 0 Å². The van der Waals surface area contributed by atoms with Gasteiger partial charge in [-0.25, -0.2) is 14.8 Å². The summed E-state index contributed by atoms with van der Waals surface area (Å²) in [4.78, 5) is 44.9. The van der Waals surface area contributed by atoms with Crippen LogP contribution in [0.4, 0.5) is 16.3 Å². The van der Waals surface area contributed by atoms with Gasteiger partial charge in [0.2, 0.25) is 0 Å². The van der Waals surface area contributed by atoms with Crippen LogP contribution in [0, 0.1) is 0 Å². The highest BCUT2D eigenvalue weighted by Crippen LogP contribution is 2.23. The van der Waals surface area contributed by atoms with Crippen molar-refractivity contribution in [2.75, 3.05) is 16.9 Å². The van der Waals surface area contributed by atoms with Crippen LogP contribution < -0.4 is 16.0 Å². The SMILES string of the molecule is C.CC(C)(C)OC(=O)NC1CCCCC1.CS(=O)c1ccc(C(=O)Nc2cccnc2C(=O)Nc2ccc(Cl)cn2)c(O)c1. The van der Waals surface area contributed by atoms with E-state index in [2.05, 4.69) is 25.9 Å². The first-order valence-corrected chi connectivity index (χ1v) is 15.6. The Bertz CT molecular complexity index is 1460. The van der Waals surface area contributed by atoms with Gasteiger partial charge in [-0.3, -0.25) is 13.8 Å². The van der Waals surface area contributed by atoms with Crippen LogP contribution in [-0.2, 0) is 15.5 Å². The second-order valence-corrected chi connectivity index (χ2v) is 12.6. The van der Waals surface area contributed by atoms with E-state index in [0.29, 0.717) is 16.0 Å². The number of phenols is 1. The highest BCUT2D eigenvalue weighted by Gasteiger charge is 2.21. The molecule has 4 N–H and O–H groups in total. The Morgan fingerprint density at radius 1 is 1.00 bits per heavy atom. The summed E-state index contributed by atoms with van der Waals surface area (Å²) in [6.45, 7) is 5.65. The van der Waals surface area contributed by atoms with Crippen molar-refractivity contribution in [3.63, 3.8) is 0 Å². The molecule has 4 rings (SSSR count). The fraction of sp³-hybridized carbons (Fsp3) is 0.387. The van der Waals surface area contributed by atoms with Crippen LogP contribution in [0.15, 0.2) is 59.8 Å². The lowest BCUT2D eigenvalue weighted by Gasteiger charge is -2.25. The molecule has 1 unspecified atom stereocenters. The van der Waals surface area contributed by atoms with Gasteiger partial charge in [-0.2, -0.15) is 0 Å². The summed E-state index contributed by atoms with van der Waals surface area (Å²) in [5.74, 6) is -1.29. The second kappa shape index (κ2) is 16.7. The maximum absolute atomic E-state index is 12.6. The van der Waals surface area contributed by atoms with E-state index in [1.54, 1.807) is 12.1 Å². The molecule has 2 aromatic heterocycles. The number of ether oxygens (including phenoxy) is 1. The van der Waals surface area contributed by atoms with E-state index in [1.807, 2.05) is 20.8 Å². The number of hydrogen-bond donors (Lipinski definition) is 4. The number of carbonyl (C=O) groups is 3. The molecular formula is C31H40ClN5O6S. The molecule has 0 spiro atoms. The molecule has 0 bridgehead atoms. The fourth-order valence-electron chi connectivity index (χ4n) is 4.11. The summed E-state index contributed by atoms with van der Waals surface area (Å²) in [6.07, 6.45) is 9.91. The second-order valence-electron chi connectivity index (χ2n) is 10.8. The summed E-state index contributed by atoms with van der Waals surface area (Å²) in [6, 6.07) is 10.6. The smallest absolute Gasteiger partial charge is 0.407 e. The molecule has 13 heteroatoms. The van der Waals surface area contributed by atoms with E-state index in [4.69, 9.17) is 16.3 Å². The molecule has 0 radical (unpaired) electrons. The van der Waals surface area contributed by atoms with Gasteiger partial charge in [0.1, 0.15) is 17.2 Å². The summed E-state index contributed by atoms with van der Waals surface area (Å²) in [5.41, 5.74) is -0.317. The molecule has 0 saturated heterocycles. The van der Waals surface area contributed by atoms with Crippen molar-refractivity contribution in [2.24, 2.45) is 0 Å². The fourth-order valence-corrected chi connectivity index (χ4v) is 4.75. The maximum Gasteiger partial charge on any atom is 0.407 e. The number of phenolic OH excluding ortho intramolecular Hbond substituents is 1. The number of hydrogen-bond acceptors (Lipinski definition) is 8. The van der Waals surface area contributed by atoms with Gasteiger partial charge in [0.25, 0.3) is 11.8 Å². The first-order valence-electron chi connectivity index (χ1n) is 13.7. The van der Waals surface area contributed by atoms with E-state index in [9.17, 15) is 23.7 Å². The van der Waals surface area contributed by atoms with Crippen LogP contribution >= 0.6 is 11.6 Å². The zero-order valence-corrected chi connectivity index (χ0v) is 26.1. The topological polar surface area (TPSA) is 160 Å². The van der Waals surface area contributed by atoms with Crippen molar-refractivity contribution >= 4 is 51.8 Å². The molecule has 3 aromatic rings. The average molecular weight is 646 g/mol. The Balaban J connectivity index is 0.000000380. The van der Waals surface area contributed by atoms with E-state index < -0.39 is 28.2 Å². The van der Waals surface area contributed by atoms with Crippen molar-refractivity contribution < 1.29 is 28.4 Å². The number of pyridine rings is 2. The first kappa shape index (κ1) is 36.2. The predicted octanol–water partition coefficient (Wildman–Crippen LogP) is 6.56. The lowest BCUT2D eigenvalue weighted by Crippen LogP contribution is -2.39. The Labute approximate surface area is 265 Å². The molecule has 44 heavy (non-hydrogen) atoms. The Morgan fingerprint density at radius 2 is 1.70 bits per heavy atom. The lowest BCUT2D eigenvalue weighted by molar-refractivity contribution is 0.0493.